The molecule has 0 aromatic carbocycles. The molecule has 1 N–H and O–H groups in total. The minimum Gasteiger partial charge on any atom is -0.473 e. The number of nitrogens with one attached hydrogen (secondary N) is 1. The highest BCUT2D eigenvalue weighted by molar-refractivity contribution is 6.17. The second kappa shape index (κ2) is 11.9. The van der Waals surface area contributed by atoms with Crippen molar-refractivity contribution in [2.45, 2.75) is 38.6 Å². The summed E-state index contributed by atoms with van der Waals surface area (Å²) < 4.78 is 5.66. The average Bonchev–Trinajstić information content (AvgIpc) is 2.64. The van der Waals surface area contributed by atoms with Gasteiger partial charge in [-0.25, -0.2) is 4.98 Å². The van der Waals surface area contributed by atoms with Crippen LogP contribution in [0.4, 0.5) is 0 Å². The summed E-state index contributed by atoms with van der Waals surface area (Å²) >= 11 is 5.55. The van der Waals surface area contributed by atoms with Gasteiger partial charge in [-0.1, -0.05) is 12.5 Å². The van der Waals surface area contributed by atoms with Gasteiger partial charge < -0.3 is 10.1 Å². The number of halogens is 1. The molecule has 25 heavy (non-hydrogen) atoms. The molecule has 2 heterocycles. The fourth-order valence-corrected chi connectivity index (χ4v) is 2.91. The van der Waals surface area contributed by atoms with E-state index >= 15 is 0 Å². The maximum Gasteiger partial charge on any atom is 0.220 e. The first-order valence-corrected chi connectivity index (χ1v) is 9.59. The summed E-state index contributed by atoms with van der Waals surface area (Å²) in [5.74, 6) is 1.18. The summed E-state index contributed by atoms with van der Waals surface area (Å²) in [5, 5.41) is 2.81. The third-order valence-corrected chi connectivity index (χ3v) is 4.37. The zero-order valence-corrected chi connectivity index (χ0v) is 15.5. The van der Waals surface area contributed by atoms with Crippen LogP contribution in [-0.4, -0.2) is 47.9 Å². The Bertz CT molecular complexity index is 545. The summed E-state index contributed by atoms with van der Waals surface area (Å²) in [6.07, 6.45) is 10.7. The predicted octanol–water partition coefficient (Wildman–Crippen LogP) is 3.14. The van der Waals surface area contributed by atoms with Crippen molar-refractivity contribution in [1.82, 2.24) is 15.2 Å². The van der Waals surface area contributed by atoms with Crippen molar-refractivity contribution in [2.24, 2.45) is 0 Å². The lowest BCUT2D eigenvalue weighted by Crippen LogP contribution is -2.29. The van der Waals surface area contributed by atoms with Gasteiger partial charge in [-0.15, -0.1) is 11.6 Å². The van der Waals surface area contributed by atoms with Crippen LogP contribution >= 0.6 is 11.6 Å². The molecule has 0 aliphatic carbocycles. The Balaban J connectivity index is 1.65. The Morgan fingerprint density at radius 2 is 2.16 bits per heavy atom. The number of alkyl halides is 1. The molecule has 1 fully saturated rings. The van der Waals surface area contributed by atoms with E-state index in [0.717, 1.165) is 6.54 Å². The smallest absolute Gasteiger partial charge is 0.220 e. The van der Waals surface area contributed by atoms with Crippen LogP contribution in [0.1, 0.15) is 37.7 Å². The number of hydrogen-bond acceptors (Lipinski definition) is 4. The second-order valence-electron chi connectivity index (χ2n) is 6.22. The minimum atomic E-state index is 0.0262. The van der Waals surface area contributed by atoms with Crippen LogP contribution < -0.4 is 10.1 Å². The molecule has 138 valence electrons. The topological polar surface area (TPSA) is 54.5 Å². The van der Waals surface area contributed by atoms with Gasteiger partial charge in [0.15, 0.2) is 0 Å². The first-order valence-electron chi connectivity index (χ1n) is 9.05. The molecule has 6 heteroatoms. The first kappa shape index (κ1) is 19.7. The Morgan fingerprint density at radius 1 is 1.32 bits per heavy atom. The number of piperidine rings is 1. The van der Waals surface area contributed by atoms with E-state index in [-0.39, 0.29) is 5.91 Å². The number of aromatic nitrogens is 1. The molecule has 0 bridgehead atoms. The lowest BCUT2D eigenvalue weighted by molar-refractivity contribution is -0.120. The third kappa shape index (κ3) is 8.36. The highest BCUT2D eigenvalue weighted by atomic mass is 35.5. The van der Waals surface area contributed by atoms with Crippen molar-refractivity contribution in [3.8, 4) is 5.88 Å². The van der Waals surface area contributed by atoms with Crippen molar-refractivity contribution < 1.29 is 9.53 Å². The van der Waals surface area contributed by atoms with Crippen LogP contribution in [0.15, 0.2) is 30.5 Å². The maximum atomic E-state index is 11.4. The zero-order chi connectivity index (χ0) is 17.7. The van der Waals surface area contributed by atoms with E-state index in [9.17, 15) is 4.79 Å². The summed E-state index contributed by atoms with van der Waals surface area (Å²) in [5.41, 5.74) is 1.24. The molecular formula is C19H28ClN3O2. The van der Waals surface area contributed by atoms with E-state index in [4.69, 9.17) is 16.3 Å². The van der Waals surface area contributed by atoms with Crippen LogP contribution in [0.2, 0.25) is 0 Å². The number of amides is 1. The fraction of sp³-hybridized carbons (Fsp3) is 0.579. The summed E-state index contributed by atoms with van der Waals surface area (Å²) in [7, 11) is 0. The average molecular weight is 366 g/mol. The maximum absolute atomic E-state index is 11.4. The van der Waals surface area contributed by atoms with Gasteiger partial charge in [-0.2, -0.15) is 0 Å². The predicted molar refractivity (Wildman–Crippen MR) is 101 cm³/mol. The molecular weight excluding hydrogens is 338 g/mol. The normalized spacial score (nSPS) is 15.4. The molecule has 0 unspecified atom stereocenters. The molecule has 5 nitrogen and oxygen atoms in total. The number of carbonyl (C=O) groups excluding carboxylic acids is 1. The SMILES string of the molecule is O=C(CCCCl)NC/C=C\COc1cc(CN2CCCCC2)ccn1. The molecule has 0 radical (unpaired) electrons. The molecule has 1 amide bonds. The Hall–Kier alpha value is -1.59. The number of hydrogen-bond donors (Lipinski definition) is 1. The van der Waals surface area contributed by atoms with Gasteiger partial charge in [0.05, 0.1) is 0 Å². The van der Waals surface area contributed by atoms with Gasteiger partial charge in [0.25, 0.3) is 0 Å². The van der Waals surface area contributed by atoms with Gasteiger partial charge in [0, 0.05) is 37.7 Å². The van der Waals surface area contributed by atoms with Crippen LogP contribution in [-0.2, 0) is 11.3 Å². The van der Waals surface area contributed by atoms with E-state index in [0.29, 0.717) is 37.8 Å². The Morgan fingerprint density at radius 3 is 2.96 bits per heavy atom. The van der Waals surface area contributed by atoms with Crippen LogP contribution in [0.3, 0.4) is 0 Å². The molecule has 1 aromatic rings. The van der Waals surface area contributed by atoms with E-state index in [2.05, 4.69) is 15.2 Å². The lowest BCUT2D eigenvalue weighted by atomic mass is 10.1. The van der Waals surface area contributed by atoms with Crippen LogP contribution in [0.25, 0.3) is 0 Å². The van der Waals surface area contributed by atoms with Crippen molar-refractivity contribution in [2.75, 3.05) is 32.1 Å². The van der Waals surface area contributed by atoms with Gasteiger partial charge in [-0.05, 0) is 50.1 Å². The van der Waals surface area contributed by atoms with E-state index < -0.39 is 0 Å². The quantitative estimate of drug-likeness (QED) is 0.511. The largest absolute Gasteiger partial charge is 0.473 e. The minimum absolute atomic E-state index is 0.0262. The van der Waals surface area contributed by atoms with Gasteiger partial charge >= 0.3 is 0 Å². The summed E-state index contributed by atoms with van der Waals surface area (Å²) in [4.78, 5) is 18.1. The number of likely N-dealkylation sites (tertiary alicyclic amines) is 1. The van der Waals surface area contributed by atoms with Gasteiger partial charge in [0.2, 0.25) is 11.8 Å². The van der Waals surface area contributed by atoms with E-state index in [1.807, 2.05) is 24.3 Å². The van der Waals surface area contributed by atoms with Gasteiger partial charge in [0.1, 0.15) is 6.61 Å². The van der Waals surface area contributed by atoms with Crippen molar-refractivity contribution in [3.63, 3.8) is 0 Å². The first-order chi connectivity index (χ1) is 12.3. The van der Waals surface area contributed by atoms with Crippen molar-refractivity contribution in [1.29, 1.82) is 0 Å². The monoisotopic (exact) mass is 365 g/mol. The summed E-state index contributed by atoms with van der Waals surface area (Å²) in [6.45, 7) is 4.27. The highest BCUT2D eigenvalue weighted by Gasteiger charge is 2.10. The van der Waals surface area contributed by atoms with Crippen LogP contribution in [0.5, 0.6) is 5.88 Å². The standard InChI is InChI=1S/C19H28ClN3O2/c20-9-6-7-18(24)21-10-2-5-14-25-19-15-17(8-11-22-19)16-23-12-3-1-4-13-23/h2,5,8,11,15H,1,3-4,6-7,9-10,12-14,16H2,(H,21,24)/b5-2-. The Labute approximate surface area is 155 Å². The van der Waals surface area contributed by atoms with Crippen molar-refractivity contribution in [3.05, 3.63) is 36.0 Å². The molecule has 0 atom stereocenters. The molecule has 0 spiro atoms. The Kier molecular flexibility index (Phi) is 9.37. The van der Waals surface area contributed by atoms with Crippen molar-refractivity contribution >= 4 is 17.5 Å². The van der Waals surface area contributed by atoms with Gasteiger partial charge in [-0.3, -0.25) is 9.69 Å². The molecule has 2 rings (SSSR count). The van der Waals surface area contributed by atoms with E-state index in [1.165, 1.54) is 37.9 Å². The molecule has 1 aliphatic heterocycles. The third-order valence-electron chi connectivity index (χ3n) is 4.10. The number of carbonyl (C=O) groups is 1. The fourth-order valence-electron chi connectivity index (χ4n) is 2.78. The molecule has 1 saturated heterocycles. The summed E-state index contributed by atoms with van der Waals surface area (Å²) in [6, 6.07) is 4.06. The molecule has 1 aromatic heterocycles. The number of nitrogens with zero attached hydrogens (tertiary/aromatic N) is 2. The molecule has 0 saturated carbocycles. The van der Waals surface area contributed by atoms with E-state index in [1.54, 1.807) is 6.20 Å². The highest BCUT2D eigenvalue weighted by Crippen LogP contribution is 2.15. The zero-order valence-electron chi connectivity index (χ0n) is 14.8. The second-order valence-corrected chi connectivity index (χ2v) is 6.60. The van der Waals surface area contributed by atoms with Crippen LogP contribution in [0, 0.1) is 0 Å². The lowest BCUT2D eigenvalue weighted by Gasteiger charge is -2.26. The number of rotatable bonds is 10. The number of pyridine rings is 1. The number of ether oxygens (including phenoxy) is 1. The molecule has 1 aliphatic rings.